The van der Waals surface area contributed by atoms with Gasteiger partial charge in [0, 0.05) is 13.1 Å². The van der Waals surface area contributed by atoms with E-state index in [4.69, 9.17) is 14.2 Å². The molecule has 1 N–H and O–H groups in total. The quantitative estimate of drug-likeness (QED) is 0.253. The molecule has 1 atom stereocenters. The first-order valence-corrected chi connectivity index (χ1v) is 13.1. The van der Waals surface area contributed by atoms with E-state index in [-0.39, 0.29) is 25.0 Å². The zero-order valence-electron chi connectivity index (χ0n) is 22.8. The lowest BCUT2D eigenvalue weighted by atomic mass is 10.0. The van der Waals surface area contributed by atoms with E-state index >= 15 is 0 Å². The molecule has 2 amide bonds. The maximum absolute atomic E-state index is 13.8. The van der Waals surface area contributed by atoms with Crippen molar-refractivity contribution in [2.24, 2.45) is 0 Å². The summed E-state index contributed by atoms with van der Waals surface area (Å²) in [5, 5.41) is 3.05. The second-order valence-electron chi connectivity index (χ2n) is 9.15. The van der Waals surface area contributed by atoms with E-state index < -0.39 is 6.04 Å². The number of hydrogen-bond donors (Lipinski definition) is 1. The second-order valence-corrected chi connectivity index (χ2v) is 9.15. The lowest BCUT2D eigenvalue weighted by Gasteiger charge is -2.31. The molecule has 0 fully saturated rings. The van der Waals surface area contributed by atoms with Crippen LogP contribution in [0.2, 0.25) is 0 Å². The number of ether oxygens (including phenoxy) is 3. The minimum atomic E-state index is -0.848. The van der Waals surface area contributed by atoms with Gasteiger partial charge in [0.15, 0.2) is 18.1 Å². The second kappa shape index (κ2) is 14.4. The van der Waals surface area contributed by atoms with Gasteiger partial charge in [0.1, 0.15) is 11.8 Å². The molecule has 7 nitrogen and oxygen atoms in total. The van der Waals surface area contributed by atoms with Gasteiger partial charge in [0.25, 0.3) is 5.91 Å². The molecule has 0 aromatic heterocycles. The lowest BCUT2D eigenvalue weighted by molar-refractivity contribution is -0.143. The molecule has 0 unspecified atom stereocenters. The molecule has 4 aromatic rings. The Hall–Kier alpha value is -4.78. The van der Waals surface area contributed by atoms with Crippen LogP contribution in [-0.2, 0) is 22.6 Å². The minimum absolute atomic E-state index is 0.195. The van der Waals surface area contributed by atoms with Crippen LogP contribution in [0, 0.1) is 0 Å². The number of benzene rings is 4. The summed E-state index contributed by atoms with van der Waals surface area (Å²) in [6.07, 6.45) is 0.581. The van der Waals surface area contributed by atoms with Crippen molar-refractivity contribution in [1.29, 1.82) is 0 Å². The Morgan fingerprint density at radius 3 is 2.02 bits per heavy atom. The summed E-state index contributed by atoms with van der Waals surface area (Å²) >= 11 is 0. The molecule has 0 aliphatic carbocycles. The van der Waals surface area contributed by atoms with E-state index in [0.29, 0.717) is 30.2 Å². The highest BCUT2D eigenvalue weighted by Gasteiger charge is 2.31. The number of amides is 2. The molecule has 0 bridgehead atoms. The van der Waals surface area contributed by atoms with Crippen molar-refractivity contribution >= 4 is 11.8 Å². The molecule has 0 aliphatic rings. The highest BCUT2D eigenvalue weighted by molar-refractivity contribution is 5.89. The number of rotatable bonds is 13. The monoisotopic (exact) mass is 538 g/mol. The highest BCUT2D eigenvalue weighted by Crippen LogP contribution is 2.28. The van der Waals surface area contributed by atoms with Crippen molar-refractivity contribution < 1.29 is 23.8 Å². The SMILES string of the molecule is COc1ccc(CCNC(=O)[C@@H](c2ccccc2)N(Cc2ccccc2)C(=O)COc2ccccc2)cc1OC. The van der Waals surface area contributed by atoms with Crippen LogP contribution in [0.25, 0.3) is 0 Å². The molecule has 0 heterocycles. The van der Waals surface area contributed by atoms with E-state index in [1.165, 1.54) is 0 Å². The maximum atomic E-state index is 13.8. The first-order chi connectivity index (χ1) is 19.6. The average molecular weight is 539 g/mol. The molecular weight excluding hydrogens is 504 g/mol. The fraction of sp³-hybridized carbons (Fsp3) is 0.212. The van der Waals surface area contributed by atoms with Crippen molar-refractivity contribution in [1.82, 2.24) is 10.2 Å². The first kappa shape index (κ1) is 28.2. The molecule has 0 saturated heterocycles. The Balaban J connectivity index is 1.55. The molecule has 7 heteroatoms. The molecule has 0 spiro atoms. The van der Waals surface area contributed by atoms with Crippen molar-refractivity contribution in [2.45, 2.75) is 19.0 Å². The average Bonchev–Trinajstić information content (AvgIpc) is 3.01. The van der Waals surface area contributed by atoms with Crippen LogP contribution in [-0.4, -0.2) is 44.1 Å². The van der Waals surface area contributed by atoms with Crippen LogP contribution >= 0.6 is 0 Å². The van der Waals surface area contributed by atoms with Crippen LogP contribution in [0.5, 0.6) is 17.2 Å². The smallest absolute Gasteiger partial charge is 0.261 e. The van der Waals surface area contributed by atoms with Gasteiger partial charge in [-0.15, -0.1) is 0 Å². The summed E-state index contributed by atoms with van der Waals surface area (Å²) < 4.78 is 16.5. The summed E-state index contributed by atoms with van der Waals surface area (Å²) in [7, 11) is 3.18. The number of nitrogens with zero attached hydrogens (tertiary/aromatic N) is 1. The Morgan fingerprint density at radius 2 is 1.38 bits per heavy atom. The third kappa shape index (κ3) is 7.63. The van der Waals surface area contributed by atoms with Crippen LogP contribution in [0.3, 0.4) is 0 Å². The van der Waals surface area contributed by atoms with Gasteiger partial charge in [-0.2, -0.15) is 0 Å². The first-order valence-electron chi connectivity index (χ1n) is 13.1. The van der Waals surface area contributed by atoms with Crippen molar-refractivity contribution in [3.63, 3.8) is 0 Å². The Labute approximate surface area is 235 Å². The summed E-state index contributed by atoms with van der Waals surface area (Å²) in [4.78, 5) is 29.0. The Bertz CT molecular complexity index is 1360. The highest BCUT2D eigenvalue weighted by atomic mass is 16.5. The topological polar surface area (TPSA) is 77.1 Å². The molecule has 4 aromatic carbocycles. The number of carbonyl (C=O) groups is 2. The predicted molar refractivity (Wildman–Crippen MR) is 154 cm³/mol. The molecule has 0 saturated carbocycles. The van der Waals surface area contributed by atoms with E-state index in [2.05, 4.69) is 5.32 Å². The Morgan fingerprint density at radius 1 is 0.750 bits per heavy atom. The van der Waals surface area contributed by atoms with E-state index in [1.807, 2.05) is 97.1 Å². The minimum Gasteiger partial charge on any atom is -0.493 e. The van der Waals surface area contributed by atoms with Gasteiger partial charge in [-0.05, 0) is 47.4 Å². The van der Waals surface area contributed by atoms with Crippen LogP contribution in [0.15, 0.2) is 109 Å². The summed E-state index contributed by atoms with van der Waals surface area (Å²) in [5.41, 5.74) is 2.62. The zero-order valence-corrected chi connectivity index (χ0v) is 22.8. The Kier molecular flexibility index (Phi) is 10.2. The van der Waals surface area contributed by atoms with Gasteiger partial charge >= 0.3 is 0 Å². The normalized spacial score (nSPS) is 11.2. The van der Waals surface area contributed by atoms with Crippen molar-refractivity contribution in [2.75, 3.05) is 27.4 Å². The van der Waals surface area contributed by atoms with Gasteiger partial charge in [0.2, 0.25) is 5.91 Å². The van der Waals surface area contributed by atoms with Gasteiger partial charge in [-0.3, -0.25) is 9.59 Å². The third-order valence-electron chi connectivity index (χ3n) is 6.46. The molecule has 40 heavy (non-hydrogen) atoms. The van der Waals surface area contributed by atoms with Gasteiger partial charge < -0.3 is 24.4 Å². The summed E-state index contributed by atoms with van der Waals surface area (Å²) in [6, 6.07) is 33.0. The van der Waals surface area contributed by atoms with Gasteiger partial charge in [0.05, 0.1) is 14.2 Å². The number of methoxy groups -OCH3 is 2. The molecular formula is C33H34N2O5. The van der Waals surface area contributed by atoms with Gasteiger partial charge in [-0.25, -0.2) is 0 Å². The fourth-order valence-corrected chi connectivity index (χ4v) is 4.42. The largest absolute Gasteiger partial charge is 0.493 e. The predicted octanol–water partition coefficient (Wildman–Crippen LogP) is 5.21. The van der Waals surface area contributed by atoms with Crippen molar-refractivity contribution in [3.8, 4) is 17.2 Å². The molecule has 4 rings (SSSR count). The van der Waals surface area contributed by atoms with Crippen LogP contribution < -0.4 is 19.5 Å². The molecule has 206 valence electrons. The number of carbonyl (C=O) groups excluding carboxylic acids is 2. The summed E-state index contributed by atoms with van der Waals surface area (Å²) in [5.74, 6) is 1.30. The standard InChI is InChI=1S/C33H34N2O5/c1-38-29-19-18-25(22-30(29)39-2)20-21-34-33(37)32(27-14-8-4-9-15-27)35(23-26-12-6-3-7-13-26)31(36)24-40-28-16-10-5-11-17-28/h3-19,22,32H,20-21,23-24H2,1-2H3,(H,34,37)/t32-/m1/s1. The third-order valence-corrected chi connectivity index (χ3v) is 6.46. The zero-order chi connectivity index (χ0) is 28.2. The summed E-state index contributed by atoms with van der Waals surface area (Å²) in [6.45, 7) is 0.436. The van der Waals surface area contributed by atoms with Gasteiger partial charge in [-0.1, -0.05) is 84.9 Å². The fourth-order valence-electron chi connectivity index (χ4n) is 4.42. The lowest BCUT2D eigenvalue weighted by Crippen LogP contribution is -2.45. The molecule has 0 aliphatic heterocycles. The molecule has 0 radical (unpaired) electrons. The van der Waals surface area contributed by atoms with E-state index in [0.717, 1.165) is 16.7 Å². The number of hydrogen-bond acceptors (Lipinski definition) is 5. The van der Waals surface area contributed by atoms with Crippen LogP contribution in [0.1, 0.15) is 22.7 Å². The van der Waals surface area contributed by atoms with E-state index in [9.17, 15) is 9.59 Å². The van der Waals surface area contributed by atoms with Crippen molar-refractivity contribution in [3.05, 3.63) is 126 Å². The number of para-hydroxylation sites is 1. The number of nitrogens with one attached hydrogen (secondary N) is 1. The van der Waals surface area contributed by atoms with Crippen LogP contribution in [0.4, 0.5) is 0 Å². The maximum Gasteiger partial charge on any atom is 0.261 e. The van der Waals surface area contributed by atoms with E-state index in [1.54, 1.807) is 31.3 Å².